The Balaban J connectivity index is 1.57. The number of anilines is 1. The number of rotatable bonds is 6. The Hall–Kier alpha value is -4.01. The van der Waals surface area contributed by atoms with Crippen molar-refractivity contribution >= 4 is 17.5 Å². The zero-order chi connectivity index (χ0) is 25.9. The molecule has 1 atom stereocenters. The van der Waals surface area contributed by atoms with Crippen LogP contribution in [0.3, 0.4) is 0 Å². The van der Waals surface area contributed by atoms with E-state index in [9.17, 15) is 22.8 Å². The van der Waals surface area contributed by atoms with Crippen LogP contribution in [-0.4, -0.2) is 29.9 Å². The Labute approximate surface area is 206 Å². The highest BCUT2D eigenvalue weighted by atomic mass is 19.4. The molecule has 9 heteroatoms. The summed E-state index contributed by atoms with van der Waals surface area (Å²) in [6, 6.07) is 16.7. The summed E-state index contributed by atoms with van der Waals surface area (Å²) in [7, 11) is 1.54. The van der Waals surface area contributed by atoms with Gasteiger partial charge in [-0.2, -0.15) is 13.2 Å². The third kappa shape index (κ3) is 5.62. The number of hydrogen-bond donors (Lipinski definition) is 1. The number of benzene rings is 3. The third-order valence-electron chi connectivity index (χ3n) is 5.89. The molecule has 0 spiro atoms. The van der Waals surface area contributed by atoms with E-state index in [4.69, 9.17) is 9.47 Å². The van der Waals surface area contributed by atoms with Crippen LogP contribution in [0.25, 0.3) is 0 Å². The summed E-state index contributed by atoms with van der Waals surface area (Å²) < 4.78 is 50.6. The number of hydrogen-bond acceptors (Lipinski definition) is 4. The molecule has 0 fully saturated rings. The lowest BCUT2D eigenvalue weighted by molar-refractivity contribution is -0.139. The van der Waals surface area contributed by atoms with E-state index in [1.54, 1.807) is 55.5 Å². The Kier molecular flexibility index (Phi) is 7.19. The zero-order valence-electron chi connectivity index (χ0n) is 19.8. The van der Waals surface area contributed by atoms with Crippen LogP contribution in [0.1, 0.15) is 40.4 Å². The van der Waals surface area contributed by atoms with E-state index in [2.05, 4.69) is 5.32 Å². The van der Waals surface area contributed by atoms with Gasteiger partial charge in [-0.25, -0.2) is 0 Å². The van der Waals surface area contributed by atoms with Gasteiger partial charge in [0.15, 0.2) is 6.10 Å². The number of carbonyl (C=O) groups is 2. The highest BCUT2D eigenvalue weighted by molar-refractivity contribution is 6.04. The zero-order valence-corrected chi connectivity index (χ0v) is 19.8. The van der Waals surface area contributed by atoms with Crippen LogP contribution >= 0.6 is 0 Å². The molecule has 6 nitrogen and oxygen atoms in total. The molecule has 4 rings (SSSR count). The fourth-order valence-electron chi connectivity index (χ4n) is 3.99. The van der Waals surface area contributed by atoms with Gasteiger partial charge in [-0.05, 0) is 66.6 Å². The van der Waals surface area contributed by atoms with Crippen molar-refractivity contribution in [2.75, 3.05) is 12.4 Å². The van der Waals surface area contributed by atoms with Gasteiger partial charge in [-0.15, -0.1) is 0 Å². The lowest BCUT2D eigenvalue weighted by Crippen LogP contribution is -2.38. The molecular formula is C27H25F3N2O4. The molecule has 36 heavy (non-hydrogen) atoms. The van der Waals surface area contributed by atoms with Crippen molar-refractivity contribution in [1.82, 2.24) is 4.90 Å². The summed E-state index contributed by atoms with van der Waals surface area (Å²) in [5.41, 5.74) is 1.17. The van der Waals surface area contributed by atoms with Crippen molar-refractivity contribution in [1.29, 1.82) is 0 Å². The smallest absolute Gasteiger partial charge is 0.416 e. The Morgan fingerprint density at radius 3 is 2.53 bits per heavy atom. The van der Waals surface area contributed by atoms with Crippen molar-refractivity contribution in [2.24, 2.45) is 0 Å². The van der Waals surface area contributed by atoms with Crippen molar-refractivity contribution in [2.45, 2.75) is 38.7 Å². The number of methoxy groups -OCH3 is 1. The second-order valence-electron chi connectivity index (χ2n) is 8.41. The van der Waals surface area contributed by atoms with Crippen LogP contribution in [0, 0.1) is 0 Å². The fraction of sp³-hybridized carbons (Fsp3) is 0.259. The van der Waals surface area contributed by atoms with Crippen molar-refractivity contribution < 1.29 is 32.2 Å². The topological polar surface area (TPSA) is 67.9 Å². The number of alkyl halides is 3. The number of fused-ring (bicyclic) bond motifs is 1. The lowest BCUT2D eigenvalue weighted by Gasteiger charge is -2.23. The van der Waals surface area contributed by atoms with E-state index in [1.165, 1.54) is 18.1 Å². The number of halogens is 3. The number of carbonyl (C=O) groups excluding carboxylic acids is 2. The summed E-state index contributed by atoms with van der Waals surface area (Å²) in [4.78, 5) is 27.3. The van der Waals surface area contributed by atoms with Gasteiger partial charge in [-0.1, -0.05) is 19.1 Å². The second kappa shape index (κ2) is 10.3. The molecule has 3 aromatic carbocycles. The summed E-state index contributed by atoms with van der Waals surface area (Å²) in [5, 5.41) is 2.83. The van der Waals surface area contributed by atoms with Gasteiger partial charge in [-0.3, -0.25) is 9.59 Å². The van der Waals surface area contributed by atoms with Gasteiger partial charge in [0.25, 0.3) is 11.8 Å². The first-order valence-electron chi connectivity index (χ1n) is 11.4. The molecule has 0 bridgehead atoms. The molecule has 0 aromatic heterocycles. The van der Waals surface area contributed by atoms with Gasteiger partial charge in [0.2, 0.25) is 0 Å². The van der Waals surface area contributed by atoms with E-state index in [0.717, 1.165) is 12.1 Å². The van der Waals surface area contributed by atoms with Crippen LogP contribution in [0.4, 0.5) is 18.9 Å². The maximum absolute atomic E-state index is 13.2. The minimum absolute atomic E-state index is 0.00944. The molecule has 0 saturated heterocycles. The summed E-state index contributed by atoms with van der Waals surface area (Å²) in [6.45, 7) is 1.91. The monoisotopic (exact) mass is 498 g/mol. The van der Waals surface area contributed by atoms with E-state index in [1.807, 2.05) is 0 Å². The predicted molar refractivity (Wildman–Crippen MR) is 128 cm³/mol. The first-order chi connectivity index (χ1) is 17.2. The minimum atomic E-state index is -4.47. The second-order valence-corrected chi connectivity index (χ2v) is 8.41. The van der Waals surface area contributed by atoms with Gasteiger partial charge < -0.3 is 19.7 Å². The summed E-state index contributed by atoms with van der Waals surface area (Å²) in [6.07, 6.45) is -4.85. The highest BCUT2D eigenvalue weighted by Crippen LogP contribution is 2.32. The number of ether oxygens (including phenoxy) is 2. The largest absolute Gasteiger partial charge is 0.497 e. The van der Waals surface area contributed by atoms with Crippen LogP contribution in [0.15, 0.2) is 66.7 Å². The molecule has 1 N–H and O–H groups in total. The molecule has 0 aliphatic carbocycles. The minimum Gasteiger partial charge on any atom is -0.497 e. The molecule has 1 heterocycles. The maximum atomic E-state index is 13.2. The number of amides is 2. The van der Waals surface area contributed by atoms with Gasteiger partial charge in [0.05, 0.1) is 12.7 Å². The maximum Gasteiger partial charge on any atom is 0.416 e. The molecule has 2 amide bonds. The van der Waals surface area contributed by atoms with Crippen molar-refractivity contribution in [3.05, 3.63) is 89.0 Å². The lowest BCUT2D eigenvalue weighted by atomic mass is 10.1. The van der Waals surface area contributed by atoms with Gasteiger partial charge in [0, 0.05) is 29.9 Å². The molecular weight excluding hydrogens is 473 g/mol. The summed E-state index contributed by atoms with van der Waals surface area (Å²) in [5.74, 6) is 0.485. The normalized spacial score (nSPS) is 15.5. The van der Waals surface area contributed by atoms with Gasteiger partial charge >= 0.3 is 6.18 Å². The SMILES string of the molecule is CCC1Oc2ccc(NC(=O)c3ccc(OC)cc3)cc2CN(Cc2cccc(C(F)(F)F)c2)C1=O. The van der Waals surface area contributed by atoms with Crippen LogP contribution in [0.5, 0.6) is 11.5 Å². The Bertz CT molecular complexity index is 1260. The molecule has 1 aliphatic heterocycles. The number of nitrogens with zero attached hydrogens (tertiary/aromatic N) is 1. The van der Waals surface area contributed by atoms with Crippen LogP contribution < -0.4 is 14.8 Å². The highest BCUT2D eigenvalue weighted by Gasteiger charge is 2.32. The van der Waals surface area contributed by atoms with E-state index < -0.39 is 17.8 Å². The van der Waals surface area contributed by atoms with E-state index in [0.29, 0.717) is 40.3 Å². The predicted octanol–water partition coefficient (Wildman–Crippen LogP) is 5.67. The first kappa shape index (κ1) is 25.1. The standard InChI is InChI=1S/C27H25F3N2O4/c1-3-23-26(34)32(15-17-5-4-6-20(13-17)27(28,29)30)16-19-14-21(9-12-24(19)36-23)31-25(33)18-7-10-22(35-2)11-8-18/h4-14,23H,3,15-16H2,1-2H3,(H,31,33). The first-order valence-corrected chi connectivity index (χ1v) is 11.4. The van der Waals surface area contributed by atoms with Crippen LogP contribution in [0.2, 0.25) is 0 Å². The number of nitrogens with one attached hydrogen (secondary N) is 1. The van der Waals surface area contributed by atoms with Crippen molar-refractivity contribution in [3.8, 4) is 11.5 Å². The molecule has 188 valence electrons. The van der Waals surface area contributed by atoms with E-state index >= 15 is 0 Å². The molecule has 1 aliphatic rings. The molecule has 1 unspecified atom stereocenters. The van der Waals surface area contributed by atoms with Crippen LogP contribution in [-0.2, 0) is 24.1 Å². The molecule has 0 radical (unpaired) electrons. The van der Waals surface area contributed by atoms with Crippen molar-refractivity contribution in [3.63, 3.8) is 0 Å². The third-order valence-corrected chi connectivity index (χ3v) is 5.89. The Morgan fingerprint density at radius 1 is 1.11 bits per heavy atom. The van der Waals surface area contributed by atoms with E-state index in [-0.39, 0.29) is 24.9 Å². The Morgan fingerprint density at radius 2 is 1.86 bits per heavy atom. The average Bonchev–Trinajstić information content (AvgIpc) is 2.99. The fourth-order valence-corrected chi connectivity index (χ4v) is 3.99. The quantitative estimate of drug-likeness (QED) is 0.476. The molecule has 3 aromatic rings. The average molecular weight is 499 g/mol. The molecule has 0 saturated carbocycles. The summed E-state index contributed by atoms with van der Waals surface area (Å²) >= 11 is 0. The van der Waals surface area contributed by atoms with Gasteiger partial charge in [0.1, 0.15) is 11.5 Å².